The number of carbonyl (C=O) groups is 1. The summed E-state index contributed by atoms with van der Waals surface area (Å²) < 4.78 is 7.24. The van der Waals surface area contributed by atoms with E-state index >= 15 is 0 Å². The van der Waals surface area contributed by atoms with Crippen LogP contribution in [0.25, 0.3) is 0 Å². The molecule has 7 heteroatoms. The SMILES string of the molecule is COCC1(C(=O)NCc2ccccc2Cn2cccn2)CCNCC1.Cl. The Morgan fingerprint density at radius 1 is 1.27 bits per heavy atom. The first kappa shape index (κ1) is 20.4. The van der Waals surface area contributed by atoms with Crippen molar-refractivity contribution in [3.63, 3.8) is 0 Å². The molecule has 1 fully saturated rings. The number of hydrogen-bond acceptors (Lipinski definition) is 4. The van der Waals surface area contributed by atoms with Crippen molar-refractivity contribution in [2.45, 2.75) is 25.9 Å². The summed E-state index contributed by atoms with van der Waals surface area (Å²) in [7, 11) is 1.66. The minimum absolute atomic E-state index is 0. The monoisotopic (exact) mass is 378 g/mol. The predicted octanol–water partition coefficient (Wildman–Crippen LogP) is 1.99. The van der Waals surface area contributed by atoms with Crippen molar-refractivity contribution in [2.24, 2.45) is 5.41 Å². The Hall–Kier alpha value is -1.89. The van der Waals surface area contributed by atoms with E-state index < -0.39 is 5.41 Å². The molecule has 0 saturated carbocycles. The molecule has 0 spiro atoms. The van der Waals surface area contributed by atoms with Crippen LogP contribution in [0.1, 0.15) is 24.0 Å². The van der Waals surface area contributed by atoms with Gasteiger partial charge < -0.3 is 15.4 Å². The van der Waals surface area contributed by atoms with Gasteiger partial charge in [-0.3, -0.25) is 9.48 Å². The molecule has 0 atom stereocenters. The molecule has 0 bridgehead atoms. The molecule has 0 radical (unpaired) electrons. The summed E-state index contributed by atoms with van der Waals surface area (Å²) in [5.74, 6) is 0.0877. The second kappa shape index (κ2) is 9.71. The maximum absolute atomic E-state index is 12.9. The number of piperidine rings is 1. The smallest absolute Gasteiger partial charge is 0.228 e. The minimum Gasteiger partial charge on any atom is -0.384 e. The Balaban J connectivity index is 0.00000243. The van der Waals surface area contributed by atoms with Crippen LogP contribution in [0.15, 0.2) is 42.7 Å². The van der Waals surface area contributed by atoms with Gasteiger partial charge in [-0.15, -0.1) is 12.4 Å². The van der Waals surface area contributed by atoms with E-state index in [2.05, 4.69) is 27.9 Å². The summed E-state index contributed by atoms with van der Waals surface area (Å²) >= 11 is 0. The molecule has 2 N–H and O–H groups in total. The van der Waals surface area contributed by atoms with Crippen molar-refractivity contribution in [1.82, 2.24) is 20.4 Å². The normalized spacial score (nSPS) is 15.9. The lowest BCUT2D eigenvalue weighted by Gasteiger charge is -2.35. The van der Waals surface area contributed by atoms with Gasteiger partial charge in [-0.25, -0.2) is 0 Å². The first-order valence-electron chi connectivity index (χ1n) is 8.76. The van der Waals surface area contributed by atoms with Gasteiger partial charge in [0.1, 0.15) is 0 Å². The van der Waals surface area contributed by atoms with Crippen molar-refractivity contribution in [3.05, 3.63) is 53.9 Å². The molecule has 1 aromatic carbocycles. The summed E-state index contributed by atoms with van der Waals surface area (Å²) in [5, 5.41) is 10.7. The molecule has 2 heterocycles. The highest BCUT2D eigenvalue weighted by molar-refractivity contribution is 5.85. The van der Waals surface area contributed by atoms with Crippen molar-refractivity contribution >= 4 is 18.3 Å². The van der Waals surface area contributed by atoms with Crippen molar-refractivity contribution in [3.8, 4) is 0 Å². The number of carbonyl (C=O) groups excluding carboxylic acids is 1. The Morgan fingerprint density at radius 2 is 2.00 bits per heavy atom. The van der Waals surface area contributed by atoms with Crippen molar-refractivity contribution < 1.29 is 9.53 Å². The average Bonchev–Trinajstić information content (AvgIpc) is 3.15. The number of ether oxygens (including phenoxy) is 1. The molecule has 3 rings (SSSR count). The lowest BCUT2D eigenvalue weighted by molar-refractivity contribution is -0.136. The first-order valence-corrected chi connectivity index (χ1v) is 8.76. The van der Waals surface area contributed by atoms with Gasteiger partial charge in [0.15, 0.2) is 0 Å². The molecule has 142 valence electrons. The molecular weight excluding hydrogens is 352 g/mol. The summed E-state index contributed by atoms with van der Waals surface area (Å²) in [5.41, 5.74) is 1.86. The minimum atomic E-state index is -0.420. The van der Waals surface area contributed by atoms with Crippen LogP contribution in [0.5, 0.6) is 0 Å². The van der Waals surface area contributed by atoms with Crippen LogP contribution in [0, 0.1) is 5.41 Å². The number of aromatic nitrogens is 2. The maximum atomic E-state index is 12.9. The highest BCUT2D eigenvalue weighted by Crippen LogP contribution is 2.29. The number of rotatable bonds is 7. The van der Waals surface area contributed by atoms with E-state index in [1.165, 1.54) is 0 Å². The predicted molar refractivity (Wildman–Crippen MR) is 103 cm³/mol. The molecule has 6 nitrogen and oxygen atoms in total. The van der Waals surface area contributed by atoms with E-state index in [-0.39, 0.29) is 18.3 Å². The zero-order valence-corrected chi connectivity index (χ0v) is 15.9. The lowest BCUT2D eigenvalue weighted by Crippen LogP contribution is -2.50. The molecule has 1 saturated heterocycles. The molecule has 2 aromatic rings. The summed E-state index contributed by atoms with van der Waals surface area (Å²) in [4.78, 5) is 12.9. The van der Waals surface area contributed by atoms with Crippen molar-refractivity contribution in [2.75, 3.05) is 26.8 Å². The highest BCUT2D eigenvalue weighted by Gasteiger charge is 2.39. The zero-order valence-electron chi connectivity index (χ0n) is 15.1. The quantitative estimate of drug-likeness (QED) is 0.773. The molecule has 1 aliphatic rings. The fourth-order valence-corrected chi connectivity index (χ4v) is 3.43. The Bertz CT molecular complexity index is 679. The largest absolute Gasteiger partial charge is 0.384 e. The van der Waals surface area contributed by atoms with Crippen molar-refractivity contribution in [1.29, 1.82) is 0 Å². The molecule has 0 aliphatic carbocycles. The standard InChI is InChI=1S/C19H26N4O2.ClH/c1-25-15-19(7-10-20-11-8-19)18(24)21-13-16-5-2-3-6-17(16)14-23-12-4-9-22-23;/h2-6,9,12,20H,7-8,10-11,13-15H2,1H3,(H,21,24);1H. The third kappa shape index (κ3) is 4.84. The van der Waals surface area contributed by atoms with E-state index in [0.29, 0.717) is 19.7 Å². The third-order valence-electron chi connectivity index (χ3n) is 4.91. The zero-order chi connectivity index (χ0) is 17.5. The second-order valence-corrected chi connectivity index (χ2v) is 6.62. The Morgan fingerprint density at radius 3 is 2.65 bits per heavy atom. The second-order valence-electron chi connectivity index (χ2n) is 6.62. The van der Waals surface area contributed by atoms with Crippen LogP contribution in [-0.2, 0) is 22.6 Å². The first-order chi connectivity index (χ1) is 12.2. The number of methoxy groups -OCH3 is 1. The third-order valence-corrected chi connectivity index (χ3v) is 4.91. The van der Waals surface area contributed by atoms with Gasteiger partial charge in [-0.05, 0) is 43.1 Å². The summed E-state index contributed by atoms with van der Waals surface area (Å²) in [6.07, 6.45) is 5.33. The van der Waals surface area contributed by atoms with Gasteiger partial charge in [-0.2, -0.15) is 5.10 Å². The highest BCUT2D eigenvalue weighted by atomic mass is 35.5. The Labute approximate surface area is 160 Å². The molecule has 1 aromatic heterocycles. The van der Waals surface area contributed by atoms with Crippen LogP contribution >= 0.6 is 12.4 Å². The van der Waals surface area contributed by atoms with Crippen LogP contribution < -0.4 is 10.6 Å². The number of benzene rings is 1. The van der Waals surface area contributed by atoms with Crippen LogP contribution in [-0.4, -0.2) is 42.5 Å². The number of amides is 1. The average molecular weight is 379 g/mol. The molecule has 0 unspecified atom stereocenters. The maximum Gasteiger partial charge on any atom is 0.228 e. The summed E-state index contributed by atoms with van der Waals surface area (Å²) in [6, 6.07) is 10.1. The number of nitrogens with zero attached hydrogens (tertiary/aromatic N) is 2. The van der Waals surface area contributed by atoms with Gasteiger partial charge in [0.25, 0.3) is 0 Å². The molecular formula is C19H27ClN4O2. The fourth-order valence-electron chi connectivity index (χ4n) is 3.43. The molecule has 1 amide bonds. The fraction of sp³-hybridized carbons (Fsp3) is 0.474. The number of hydrogen-bond donors (Lipinski definition) is 2. The van der Waals surface area contributed by atoms with E-state index in [1.807, 2.05) is 29.1 Å². The lowest BCUT2D eigenvalue weighted by atomic mass is 9.78. The van der Waals surface area contributed by atoms with Crippen LogP contribution in [0.4, 0.5) is 0 Å². The van der Waals surface area contributed by atoms with E-state index in [9.17, 15) is 4.79 Å². The van der Waals surface area contributed by atoms with Crippen LogP contribution in [0.2, 0.25) is 0 Å². The van der Waals surface area contributed by atoms with E-state index in [4.69, 9.17) is 4.74 Å². The van der Waals surface area contributed by atoms with Gasteiger partial charge in [0.2, 0.25) is 5.91 Å². The van der Waals surface area contributed by atoms with E-state index in [1.54, 1.807) is 13.3 Å². The topological polar surface area (TPSA) is 68.2 Å². The van der Waals surface area contributed by atoms with Gasteiger partial charge >= 0.3 is 0 Å². The number of nitrogens with one attached hydrogen (secondary N) is 2. The number of halogens is 1. The Kier molecular flexibility index (Phi) is 7.63. The summed E-state index contributed by atoms with van der Waals surface area (Å²) in [6.45, 7) is 3.40. The van der Waals surface area contributed by atoms with Gasteiger partial charge in [0, 0.05) is 26.0 Å². The molecule has 1 aliphatic heterocycles. The van der Waals surface area contributed by atoms with Crippen LogP contribution in [0.3, 0.4) is 0 Å². The molecule has 26 heavy (non-hydrogen) atoms. The van der Waals surface area contributed by atoms with Gasteiger partial charge in [-0.1, -0.05) is 24.3 Å². The van der Waals surface area contributed by atoms with E-state index in [0.717, 1.165) is 37.1 Å². The van der Waals surface area contributed by atoms with Gasteiger partial charge in [0.05, 0.1) is 18.6 Å².